The van der Waals surface area contributed by atoms with Crippen LogP contribution in [0.4, 0.5) is 0 Å². The fraction of sp³-hybridized carbons (Fsp3) is 0.333. The van der Waals surface area contributed by atoms with Gasteiger partial charge in [-0.3, -0.25) is 4.90 Å². The van der Waals surface area contributed by atoms with Crippen molar-refractivity contribution in [3.05, 3.63) is 77.0 Å². The number of rotatable bonds is 3. The number of nitrogens with zero attached hydrogens (tertiary/aromatic N) is 1. The van der Waals surface area contributed by atoms with E-state index in [2.05, 4.69) is 65.6 Å². The number of benzene rings is 2. The molecule has 2 heterocycles. The van der Waals surface area contributed by atoms with Crippen LogP contribution in [-0.4, -0.2) is 18.0 Å². The van der Waals surface area contributed by atoms with Gasteiger partial charge in [-0.1, -0.05) is 54.6 Å². The van der Waals surface area contributed by atoms with Gasteiger partial charge in [-0.05, 0) is 48.7 Å². The molecule has 4 rings (SSSR count). The van der Waals surface area contributed by atoms with Crippen molar-refractivity contribution in [2.45, 2.75) is 26.0 Å². The van der Waals surface area contributed by atoms with Crippen LogP contribution in [0.1, 0.15) is 29.5 Å². The summed E-state index contributed by atoms with van der Waals surface area (Å²) in [5.74, 6) is 1.78. The molecule has 1 fully saturated rings. The molecule has 0 bridgehead atoms. The lowest BCUT2D eigenvalue weighted by molar-refractivity contribution is 0.118. The molecule has 2 aliphatic heterocycles. The molecule has 2 nitrogen and oxygen atoms in total. The van der Waals surface area contributed by atoms with E-state index in [1.807, 2.05) is 0 Å². The zero-order valence-corrected chi connectivity index (χ0v) is 13.4. The first-order chi connectivity index (χ1) is 11.4. The zero-order valence-electron chi connectivity index (χ0n) is 13.4. The maximum Gasteiger partial charge on any atom is 0.113 e. The Morgan fingerprint density at radius 1 is 0.913 bits per heavy atom. The van der Waals surface area contributed by atoms with E-state index < -0.39 is 0 Å². The van der Waals surface area contributed by atoms with Gasteiger partial charge in [0.25, 0.3) is 0 Å². The fourth-order valence-corrected chi connectivity index (χ4v) is 3.62. The maximum atomic E-state index is 6.04. The number of fused-ring (bicyclic) bond motifs is 1. The number of likely N-dealkylation sites (tertiary alicyclic amines) is 1. The number of allylic oxidation sites excluding steroid dienone is 1. The maximum absolute atomic E-state index is 6.04. The molecule has 2 heteroatoms. The lowest BCUT2D eigenvalue weighted by atomic mass is 9.91. The van der Waals surface area contributed by atoms with Crippen LogP contribution in [0.2, 0.25) is 0 Å². The minimum atomic E-state index is 0.579. The Morgan fingerprint density at radius 3 is 2.48 bits per heavy atom. The molecule has 2 aliphatic rings. The monoisotopic (exact) mass is 305 g/mol. The smallest absolute Gasteiger partial charge is 0.113 e. The number of piperidine rings is 1. The van der Waals surface area contributed by atoms with Gasteiger partial charge in [0, 0.05) is 12.5 Å². The van der Waals surface area contributed by atoms with Crippen molar-refractivity contribution in [3.63, 3.8) is 0 Å². The molecule has 0 saturated carbocycles. The van der Waals surface area contributed by atoms with E-state index in [0.717, 1.165) is 26.2 Å². The Morgan fingerprint density at radius 2 is 1.65 bits per heavy atom. The van der Waals surface area contributed by atoms with E-state index in [-0.39, 0.29) is 0 Å². The van der Waals surface area contributed by atoms with Gasteiger partial charge >= 0.3 is 0 Å². The van der Waals surface area contributed by atoms with Crippen LogP contribution in [-0.2, 0) is 17.9 Å². The van der Waals surface area contributed by atoms with E-state index in [9.17, 15) is 0 Å². The Bertz CT molecular complexity index is 684. The minimum absolute atomic E-state index is 0.579. The van der Waals surface area contributed by atoms with Gasteiger partial charge in [-0.25, -0.2) is 0 Å². The van der Waals surface area contributed by atoms with Gasteiger partial charge in [-0.2, -0.15) is 0 Å². The van der Waals surface area contributed by atoms with E-state index in [0.29, 0.717) is 5.92 Å². The Balaban J connectivity index is 1.38. The van der Waals surface area contributed by atoms with Gasteiger partial charge in [-0.15, -0.1) is 0 Å². The highest BCUT2D eigenvalue weighted by atomic mass is 16.5. The van der Waals surface area contributed by atoms with E-state index in [1.54, 1.807) is 0 Å². The first kappa shape index (κ1) is 14.5. The van der Waals surface area contributed by atoms with Crippen LogP contribution in [0.3, 0.4) is 0 Å². The van der Waals surface area contributed by atoms with Crippen LogP contribution < -0.4 is 0 Å². The molecule has 2 aromatic rings. The lowest BCUT2D eigenvalue weighted by Gasteiger charge is -2.34. The van der Waals surface area contributed by atoms with Gasteiger partial charge in [0.2, 0.25) is 0 Å². The highest BCUT2D eigenvalue weighted by Gasteiger charge is 2.25. The second kappa shape index (κ2) is 6.59. The topological polar surface area (TPSA) is 12.5 Å². The molecule has 0 spiro atoms. The summed E-state index contributed by atoms with van der Waals surface area (Å²) >= 11 is 0. The van der Waals surface area contributed by atoms with Crippen molar-refractivity contribution >= 4 is 6.08 Å². The highest BCUT2D eigenvalue weighted by molar-refractivity contribution is 5.57. The summed E-state index contributed by atoms with van der Waals surface area (Å²) in [6.07, 6.45) is 4.65. The van der Waals surface area contributed by atoms with Crippen molar-refractivity contribution in [2.24, 2.45) is 5.92 Å². The predicted molar refractivity (Wildman–Crippen MR) is 93.7 cm³/mol. The number of hydrogen-bond acceptors (Lipinski definition) is 2. The van der Waals surface area contributed by atoms with Gasteiger partial charge in [0.15, 0.2) is 0 Å². The molecule has 0 unspecified atom stereocenters. The van der Waals surface area contributed by atoms with Crippen LogP contribution in [0.15, 0.2) is 60.4 Å². The molecule has 0 aliphatic carbocycles. The average Bonchev–Trinajstić information content (AvgIpc) is 2.63. The lowest BCUT2D eigenvalue weighted by Crippen LogP contribution is -2.34. The van der Waals surface area contributed by atoms with Gasteiger partial charge < -0.3 is 4.74 Å². The van der Waals surface area contributed by atoms with E-state index in [4.69, 9.17) is 4.74 Å². The van der Waals surface area contributed by atoms with Crippen LogP contribution in [0.5, 0.6) is 0 Å². The van der Waals surface area contributed by atoms with E-state index >= 15 is 0 Å². The molecule has 0 aromatic heterocycles. The van der Waals surface area contributed by atoms with E-state index in [1.165, 1.54) is 35.3 Å². The van der Waals surface area contributed by atoms with Crippen molar-refractivity contribution in [1.82, 2.24) is 4.90 Å². The fourth-order valence-electron chi connectivity index (χ4n) is 3.62. The molecule has 0 radical (unpaired) electrons. The summed E-state index contributed by atoms with van der Waals surface area (Å²) < 4.78 is 6.04. The third-order valence-corrected chi connectivity index (χ3v) is 4.99. The van der Waals surface area contributed by atoms with Crippen LogP contribution in [0, 0.1) is 5.92 Å². The van der Waals surface area contributed by atoms with Gasteiger partial charge in [0.1, 0.15) is 12.4 Å². The summed E-state index contributed by atoms with van der Waals surface area (Å²) in [6, 6.07) is 19.3. The Hall–Kier alpha value is -2.06. The van der Waals surface area contributed by atoms with Crippen molar-refractivity contribution in [3.8, 4) is 0 Å². The normalized spacial score (nSPS) is 18.9. The molecule has 118 valence electrons. The van der Waals surface area contributed by atoms with Crippen LogP contribution >= 0.6 is 0 Å². The minimum Gasteiger partial charge on any atom is -0.493 e. The molecule has 0 atom stereocenters. The number of ether oxygens (including phenoxy) is 1. The molecular weight excluding hydrogens is 282 g/mol. The summed E-state index contributed by atoms with van der Waals surface area (Å²) in [5, 5.41) is 0. The summed E-state index contributed by atoms with van der Waals surface area (Å²) in [5.41, 5.74) is 4.05. The summed E-state index contributed by atoms with van der Waals surface area (Å²) in [4.78, 5) is 2.56. The summed E-state index contributed by atoms with van der Waals surface area (Å²) in [6.45, 7) is 4.10. The third-order valence-electron chi connectivity index (χ3n) is 4.99. The SMILES string of the molecule is C1=C(C2CCN(Cc3ccccc3)CC2)OCc2ccccc21. The third kappa shape index (κ3) is 3.32. The second-order valence-corrected chi connectivity index (χ2v) is 6.57. The summed E-state index contributed by atoms with van der Waals surface area (Å²) in [7, 11) is 0. The average molecular weight is 305 g/mol. The quantitative estimate of drug-likeness (QED) is 0.829. The molecular formula is C21H23NO. The second-order valence-electron chi connectivity index (χ2n) is 6.57. The molecule has 0 N–H and O–H groups in total. The van der Waals surface area contributed by atoms with Crippen LogP contribution in [0.25, 0.3) is 6.08 Å². The van der Waals surface area contributed by atoms with Crippen molar-refractivity contribution < 1.29 is 4.74 Å². The molecule has 0 amide bonds. The highest BCUT2D eigenvalue weighted by Crippen LogP contribution is 2.32. The Labute approximate surface area is 138 Å². The molecule has 2 aromatic carbocycles. The van der Waals surface area contributed by atoms with Crippen molar-refractivity contribution in [1.29, 1.82) is 0 Å². The van der Waals surface area contributed by atoms with Gasteiger partial charge in [0.05, 0.1) is 0 Å². The predicted octanol–water partition coefficient (Wildman–Crippen LogP) is 4.47. The molecule has 1 saturated heterocycles. The first-order valence-electron chi connectivity index (χ1n) is 8.57. The largest absolute Gasteiger partial charge is 0.493 e. The first-order valence-corrected chi connectivity index (χ1v) is 8.57. The Kier molecular flexibility index (Phi) is 4.16. The number of hydrogen-bond donors (Lipinski definition) is 0. The zero-order chi connectivity index (χ0) is 15.5. The standard InChI is InChI=1S/C21H23NO/c1-2-6-17(7-3-1)15-22-12-10-18(11-13-22)21-14-19-8-4-5-9-20(19)16-23-21/h1-9,14,18H,10-13,15-16H2. The molecule has 23 heavy (non-hydrogen) atoms. The van der Waals surface area contributed by atoms with Crippen molar-refractivity contribution in [2.75, 3.05) is 13.1 Å².